The molecule has 0 radical (unpaired) electrons. The fraction of sp³-hybridized carbons (Fsp3) is 0.0909. The van der Waals surface area contributed by atoms with E-state index in [1.54, 1.807) is 12.1 Å². The lowest BCUT2D eigenvalue weighted by atomic mass is 10.1. The monoisotopic (exact) mass is 283 g/mol. The molecule has 0 aliphatic carbocycles. The SMILES string of the molecule is O=C(CBr)c1cc(-c2cccc(F)c2)no1. The maximum atomic E-state index is 13.0. The molecule has 1 heterocycles. The second-order valence-corrected chi connectivity index (χ2v) is 3.70. The molecule has 2 aromatic rings. The van der Waals surface area contributed by atoms with Crippen LogP contribution in [0.5, 0.6) is 0 Å². The Labute approximate surface area is 99.4 Å². The fourth-order valence-electron chi connectivity index (χ4n) is 1.26. The third-order valence-corrected chi connectivity index (χ3v) is 2.54. The van der Waals surface area contributed by atoms with Crippen molar-refractivity contribution in [3.8, 4) is 11.3 Å². The van der Waals surface area contributed by atoms with Gasteiger partial charge >= 0.3 is 0 Å². The number of Topliss-reactive ketones (excluding diaryl/α,β-unsaturated/α-hetero) is 1. The van der Waals surface area contributed by atoms with Crippen LogP contribution in [0.2, 0.25) is 0 Å². The van der Waals surface area contributed by atoms with Gasteiger partial charge in [-0.15, -0.1) is 0 Å². The smallest absolute Gasteiger partial charge is 0.211 e. The van der Waals surface area contributed by atoms with Gasteiger partial charge in [-0.25, -0.2) is 4.39 Å². The van der Waals surface area contributed by atoms with Crippen LogP contribution in [0.3, 0.4) is 0 Å². The molecule has 82 valence electrons. The second kappa shape index (κ2) is 4.57. The molecular formula is C11H7BrFNO2. The Morgan fingerprint density at radius 1 is 1.44 bits per heavy atom. The third kappa shape index (κ3) is 2.19. The summed E-state index contributed by atoms with van der Waals surface area (Å²) in [6.45, 7) is 0. The Hall–Kier alpha value is -1.49. The zero-order valence-corrected chi connectivity index (χ0v) is 9.70. The minimum absolute atomic E-state index is 0.163. The first-order valence-electron chi connectivity index (χ1n) is 4.52. The number of benzene rings is 1. The second-order valence-electron chi connectivity index (χ2n) is 3.14. The lowest BCUT2D eigenvalue weighted by Crippen LogP contribution is -1.96. The van der Waals surface area contributed by atoms with Gasteiger partial charge in [0.25, 0.3) is 0 Å². The molecule has 1 aromatic heterocycles. The van der Waals surface area contributed by atoms with E-state index in [9.17, 15) is 9.18 Å². The summed E-state index contributed by atoms with van der Waals surface area (Å²) in [4.78, 5) is 11.3. The van der Waals surface area contributed by atoms with Crippen LogP contribution in [0.1, 0.15) is 10.6 Å². The van der Waals surface area contributed by atoms with E-state index in [1.807, 2.05) is 0 Å². The molecule has 0 unspecified atom stereocenters. The lowest BCUT2D eigenvalue weighted by Gasteiger charge is -1.93. The molecule has 0 spiro atoms. The molecule has 3 nitrogen and oxygen atoms in total. The van der Waals surface area contributed by atoms with Crippen LogP contribution >= 0.6 is 15.9 Å². The minimum atomic E-state index is -0.353. The van der Waals surface area contributed by atoms with E-state index < -0.39 is 0 Å². The number of aromatic nitrogens is 1. The summed E-state index contributed by atoms with van der Waals surface area (Å²) in [7, 11) is 0. The van der Waals surface area contributed by atoms with Crippen molar-refractivity contribution in [3.05, 3.63) is 41.9 Å². The first-order valence-corrected chi connectivity index (χ1v) is 5.64. The van der Waals surface area contributed by atoms with E-state index in [4.69, 9.17) is 4.52 Å². The van der Waals surface area contributed by atoms with E-state index in [0.717, 1.165) is 0 Å². The van der Waals surface area contributed by atoms with E-state index in [0.29, 0.717) is 11.3 Å². The van der Waals surface area contributed by atoms with Crippen molar-refractivity contribution in [1.29, 1.82) is 0 Å². The molecular weight excluding hydrogens is 277 g/mol. The molecule has 0 saturated heterocycles. The summed E-state index contributed by atoms with van der Waals surface area (Å²) in [5.41, 5.74) is 1.03. The van der Waals surface area contributed by atoms with Gasteiger partial charge < -0.3 is 4.52 Å². The predicted molar refractivity (Wildman–Crippen MR) is 60.0 cm³/mol. The van der Waals surface area contributed by atoms with E-state index in [-0.39, 0.29) is 22.7 Å². The van der Waals surface area contributed by atoms with Gasteiger partial charge in [-0.1, -0.05) is 33.2 Å². The number of carbonyl (C=O) groups excluding carboxylic acids is 1. The van der Waals surface area contributed by atoms with E-state index >= 15 is 0 Å². The zero-order valence-electron chi connectivity index (χ0n) is 8.11. The van der Waals surface area contributed by atoms with Gasteiger partial charge in [0.05, 0.1) is 5.33 Å². The number of carbonyl (C=O) groups is 1. The first kappa shape index (κ1) is 11.0. The van der Waals surface area contributed by atoms with Crippen molar-refractivity contribution < 1.29 is 13.7 Å². The molecule has 2 rings (SSSR count). The summed E-state index contributed by atoms with van der Waals surface area (Å²) in [6, 6.07) is 7.45. The Bertz CT molecular complexity index is 524. The van der Waals surface area contributed by atoms with Gasteiger partial charge in [-0.05, 0) is 12.1 Å². The summed E-state index contributed by atoms with van der Waals surface area (Å²) in [5.74, 6) is -0.389. The number of hydrogen-bond acceptors (Lipinski definition) is 3. The largest absolute Gasteiger partial charge is 0.352 e. The van der Waals surface area contributed by atoms with Crippen molar-refractivity contribution in [2.45, 2.75) is 0 Å². The molecule has 0 aliphatic rings. The van der Waals surface area contributed by atoms with Gasteiger partial charge in [-0.2, -0.15) is 0 Å². The molecule has 0 amide bonds. The van der Waals surface area contributed by atoms with Crippen LogP contribution in [0.15, 0.2) is 34.9 Å². The topological polar surface area (TPSA) is 43.1 Å². The zero-order chi connectivity index (χ0) is 11.5. The number of rotatable bonds is 3. The van der Waals surface area contributed by atoms with Crippen LogP contribution in [0.4, 0.5) is 4.39 Å². The molecule has 0 atom stereocenters. The van der Waals surface area contributed by atoms with Crippen LogP contribution in [0.25, 0.3) is 11.3 Å². The molecule has 1 aromatic carbocycles. The molecule has 16 heavy (non-hydrogen) atoms. The van der Waals surface area contributed by atoms with Gasteiger partial charge in [-0.3, -0.25) is 4.79 Å². The number of hydrogen-bond donors (Lipinski definition) is 0. The van der Waals surface area contributed by atoms with Gasteiger partial charge in [0.15, 0.2) is 0 Å². The summed E-state index contributed by atoms with van der Waals surface area (Å²) in [5, 5.41) is 3.88. The van der Waals surface area contributed by atoms with E-state index in [1.165, 1.54) is 18.2 Å². The quantitative estimate of drug-likeness (QED) is 0.642. The highest BCUT2D eigenvalue weighted by Gasteiger charge is 2.12. The van der Waals surface area contributed by atoms with Gasteiger partial charge in [0.1, 0.15) is 11.5 Å². The van der Waals surface area contributed by atoms with Crippen LogP contribution in [-0.4, -0.2) is 16.3 Å². The average Bonchev–Trinajstić information content (AvgIpc) is 2.77. The Balaban J connectivity index is 2.35. The van der Waals surface area contributed by atoms with Crippen molar-refractivity contribution in [2.75, 3.05) is 5.33 Å². The highest BCUT2D eigenvalue weighted by atomic mass is 79.9. The molecule has 5 heteroatoms. The molecule has 0 bridgehead atoms. The standard InChI is InChI=1S/C11H7BrFNO2/c12-6-10(15)11-5-9(14-16-11)7-2-1-3-8(13)4-7/h1-5H,6H2. The van der Waals surface area contributed by atoms with Gasteiger partial charge in [0.2, 0.25) is 11.5 Å². The van der Waals surface area contributed by atoms with Gasteiger partial charge in [0, 0.05) is 11.6 Å². The van der Waals surface area contributed by atoms with Crippen molar-refractivity contribution in [2.24, 2.45) is 0 Å². The summed E-state index contributed by atoms with van der Waals surface area (Å²) >= 11 is 3.03. The van der Waals surface area contributed by atoms with Crippen LogP contribution in [0, 0.1) is 5.82 Å². The van der Waals surface area contributed by atoms with Crippen molar-refractivity contribution in [3.63, 3.8) is 0 Å². The minimum Gasteiger partial charge on any atom is -0.352 e. The Morgan fingerprint density at radius 2 is 2.25 bits per heavy atom. The third-order valence-electron chi connectivity index (χ3n) is 2.03. The van der Waals surface area contributed by atoms with Crippen LogP contribution < -0.4 is 0 Å². The predicted octanol–water partition coefficient (Wildman–Crippen LogP) is 3.06. The maximum absolute atomic E-state index is 13.0. The summed E-state index contributed by atoms with van der Waals surface area (Å²) < 4.78 is 17.8. The average molecular weight is 284 g/mol. The Morgan fingerprint density at radius 3 is 2.94 bits per heavy atom. The highest BCUT2D eigenvalue weighted by molar-refractivity contribution is 9.09. The van der Waals surface area contributed by atoms with Crippen LogP contribution in [-0.2, 0) is 0 Å². The normalized spacial score (nSPS) is 10.4. The summed E-state index contributed by atoms with van der Waals surface area (Å²) in [6.07, 6.45) is 0. The number of nitrogens with zero attached hydrogens (tertiary/aromatic N) is 1. The van der Waals surface area contributed by atoms with Crippen molar-refractivity contribution in [1.82, 2.24) is 5.16 Å². The number of alkyl halides is 1. The maximum Gasteiger partial charge on any atom is 0.211 e. The van der Waals surface area contributed by atoms with E-state index in [2.05, 4.69) is 21.1 Å². The molecule has 0 saturated carbocycles. The molecule has 0 aliphatic heterocycles. The lowest BCUT2D eigenvalue weighted by molar-refractivity contribution is 0.0985. The first-order chi connectivity index (χ1) is 7.70. The van der Waals surface area contributed by atoms with Crippen molar-refractivity contribution >= 4 is 21.7 Å². The molecule has 0 N–H and O–H groups in total. The highest BCUT2D eigenvalue weighted by Crippen LogP contribution is 2.20. The Kier molecular flexibility index (Phi) is 3.14. The number of halogens is 2. The molecule has 0 fully saturated rings. The number of ketones is 1. The fourth-order valence-corrected chi connectivity index (χ4v) is 1.53.